The van der Waals surface area contributed by atoms with E-state index in [0.29, 0.717) is 0 Å². The summed E-state index contributed by atoms with van der Waals surface area (Å²) in [6, 6.07) is 16.0. The number of rotatable bonds is 6. The zero-order valence-corrected chi connectivity index (χ0v) is 15.2. The van der Waals surface area contributed by atoms with Crippen molar-refractivity contribution in [3.8, 4) is 5.75 Å². The maximum atomic E-state index is 12.7. The van der Waals surface area contributed by atoms with Gasteiger partial charge in [-0.3, -0.25) is 8.64 Å². The minimum absolute atomic E-state index is 0.768. The molecular weight excluding hydrogens is 313 g/mol. The molecule has 0 aliphatic rings. The molecule has 2 aromatic rings. The molecular formula is C17H22NO2PS. The SMILES string of the molecule is COc1ccc(CSN(c2ccccc2C)P(C)(C)=O)cc1. The Labute approximate surface area is 137 Å². The molecule has 0 spiro atoms. The lowest BCUT2D eigenvalue weighted by molar-refractivity contribution is 0.414. The van der Waals surface area contributed by atoms with Gasteiger partial charge in [0.05, 0.1) is 12.8 Å². The van der Waals surface area contributed by atoms with Crippen LogP contribution in [-0.2, 0) is 10.3 Å². The largest absolute Gasteiger partial charge is 0.497 e. The first-order chi connectivity index (χ1) is 10.4. The number of benzene rings is 2. The molecule has 0 aliphatic heterocycles. The standard InChI is InChI=1S/C17H22NO2PS/c1-14-7-5-6-8-17(14)18(21(3,4)19)22-13-15-9-11-16(20-2)12-10-15/h5-12H,13H2,1-4H3. The minimum atomic E-state index is -2.41. The highest BCUT2D eigenvalue weighted by atomic mass is 32.2. The fraction of sp³-hybridized carbons (Fsp3) is 0.294. The van der Waals surface area contributed by atoms with Gasteiger partial charge < -0.3 is 4.74 Å². The maximum absolute atomic E-state index is 12.7. The normalized spacial score (nSPS) is 11.3. The Hall–Kier alpha value is -1.38. The van der Waals surface area contributed by atoms with Crippen LogP contribution in [0.25, 0.3) is 0 Å². The second-order valence-electron chi connectivity index (χ2n) is 5.47. The third-order valence-corrected chi connectivity index (χ3v) is 6.79. The second-order valence-corrected chi connectivity index (χ2v) is 9.65. The molecule has 0 aromatic heterocycles. The van der Waals surface area contributed by atoms with E-state index in [1.807, 2.05) is 59.5 Å². The van der Waals surface area contributed by atoms with E-state index in [-0.39, 0.29) is 0 Å². The first-order valence-electron chi connectivity index (χ1n) is 7.09. The molecule has 0 amide bonds. The summed E-state index contributed by atoms with van der Waals surface area (Å²) in [7, 11) is -0.745. The lowest BCUT2D eigenvalue weighted by Crippen LogP contribution is -2.11. The Morgan fingerprint density at radius 3 is 2.27 bits per heavy atom. The quantitative estimate of drug-likeness (QED) is 0.536. The molecule has 5 heteroatoms. The van der Waals surface area contributed by atoms with Crippen LogP contribution < -0.4 is 8.81 Å². The van der Waals surface area contributed by atoms with Crippen molar-refractivity contribution >= 4 is 24.9 Å². The van der Waals surface area contributed by atoms with Crippen molar-refractivity contribution < 1.29 is 9.30 Å². The summed E-state index contributed by atoms with van der Waals surface area (Å²) in [6.45, 7) is 5.66. The molecule has 0 radical (unpaired) electrons. The lowest BCUT2D eigenvalue weighted by atomic mass is 10.2. The molecule has 22 heavy (non-hydrogen) atoms. The van der Waals surface area contributed by atoms with Crippen LogP contribution >= 0.6 is 19.2 Å². The zero-order chi connectivity index (χ0) is 16.2. The van der Waals surface area contributed by atoms with Crippen molar-refractivity contribution in [3.05, 3.63) is 59.7 Å². The van der Waals surface area contributed by atoms with E-state index in [4.69, 9.17) is 4.74 Å². The highest BCUT2D eigenvalue weighted by Crippen LogP contribution is 2.51. The van der Waals surface area contributed by atoms with E-state index in [2.05, 4.69) is 0 Å². The van der Waals surface area contributed by atoms with Crippen LogP contribution in [0.5, 0.6) is 5.75 Å². The molecule has 0 heterocycles. The second kappa shape index (κ2) is 7.26. The Kier molecular flexibility index (Phi) is 5.60. The van der Waals surface area contributed by atoms with Crippen molar-refractivity contribution in [1.82, 2.24) is 0 Å². The summed E-state index contributed by atoms with van der Waals surface area (Å²) in [5.41, 5.74) is 3.33. The van der Waals surface area contributed by atoms with Gasteiger partial charge >= 0.3 is 0 Å². The Morgan fingerprint density at radius 1 is 1.09 bits per heavy atom. The summed E-state index contributed by atoms with van der Waals surface area (Å²) in [5.74, 6) is 1.62. The molecule has 2 aromatic carbocycles. The van der Waals surface area contributed by atoms with Gasteiger partial charge in [-0.25, -0.2) is 0 Å². The highest BCUT2D eigenvalue weighted by molar-refractivity contribution is 8.06. The predicted octanol–water partition coefficient (Wildman–Crippen LogP) is 5.20. The summed E-state index contributed by atoms with van der Waals surface area (Å²) in [4.78, 5) is 0. The molecule has 0 atom stereocenters. The molecule has 3 nitrogen and oxygen atoms in total. The number of ether oxygens (including phenoxy) is 1. The van der Waals surface area contributed by atoms with Crippen LogP contribution in [0.4, 0.5) is 5.69 Å². The third-order valence-electron chi connectivity index (χ3n) is 3.27. The Morgan fingerprint density at radius 2 is 1.73 bits per heavy atom. The number of nitrogens with zero attached hydrogens (tertiary/aromatic N) is 1. The van der Waals surface area contributed by atoms with E-state index >= 15 is 0 Å². The molecule has 0 unspecified atom stereocenters. The molecule has 0 aliphatic carbocycles. The van der Waals surface area contributed by atoms with E-state index in [1.54, 1.807) is 32.4 Å². The number of hydrogen-bond donors (Lipinski definition) is 0. The van der Waals surface area contributed by atoms with Gasteiger partial charge in [-0.2, -0.15) is 0 Å². The van der Waals surface area contributed by atoms with Gasteiger partial charge in [-0.15, -0.1) is 0 Å². The smallest absolute Gasteiger partial charge is 0.176 e. The van der Waals surface area contributed by atoms with E-state index in [1.165, 1.54) is 5.56 Å². The first kappa shape index (κ1) is 17.0. The maximum Gasteiger partial charge on any atom is 0.176 e. The van der Waals surface area contributed by atoms with Crippen LogP contribution in [-0.4, -0.2) is 20.4 Å². The van der Waals surface area contributed by atoms with Crippen LogP contribution in [0.3, 0.4) is 0 Å². The average Bonchev–Trinajstić information content (AvgIpc) is 2.48. The van der Waals surface area contributed by atoms with Gasteiger partial charge in [-0.1, -0.05) is 30.3 Å². The van der Waals surface area contributed by atoms with Gasteiger partial charge in [0.25, 0.3) is 0 Å². The minimum Gasteiger partial charge on any atom is -0.497 e. The monoisotopic (exact) mass is 335 g/mol. The summed E-state index contributed by atoms with van der Waals surface area (Å²) >= 11 is 1.59. The lowest BCUT2D eigenvalue weighted by Gasteiger charge is -2.28. The molecule has 0 fully saturated rings. The van der Waals surface area contributed by atoms with Crippen LogP contribution in [0.15, 0.2) is 48.5 Å². The van der Waals surface area contributed by atoms with Crippen LogP contribution in [0.2, 0.25) is 0 Å². The predicted molar refractivity (Wildman–Crippen MR) is 97.4 cm³/mol. The number of hydrogen-bond acceptors (Lipinski definition) is 3. The highest BCUT2D eigenvalue weighted by Gasteiger charge is 2.22. The van der Waals surface area contributed by atoms with Gasteiger partial charge in [0.2, 0.25) is 0 Å². The van der Waals surface area contributed by atoms with Crippen LogP contribution in [0.1, 0.15) is 11.1 Å². The van der Waals surface area contributed by atoms with E-state index < -0.39 is 7.29 Å². The molecule has 118 valence electrons. The van der Waals surface area contributed by atoms with E-state index in [9.17, 15) is 4.57 Å². The summed E-state index contributed by atoms with van der Waals surface area (Å²) in [5, 5.41) is 0. The van der Waals surface area contributed by atoms with E-state index in [0.717, 1.165) is 22.8 Å². The summed E-state index contributed by atoms with van der Waals surface area (Å²) in [6.07, 6.45) is 0. The van der Waals surface area contributed by atoms with Crippen molar-refractivity contribution in [2.75, 3.05) is 24.5 Å². The average molecular weight is 335 g/mol. The number of methoxy groups -OCH3 is 1. The molecule has 2 rings (SSSR count). The summed E-state index contributed by atoms with van der Waals surface area (Å²) < 4.78 is 19.8. The Bertz CT molecular complexity index is 667. The third kappa shape index (κ3) is 4.31. The number of anilines is 1. The van der Waals surface area contributed by atoms with Gasteiger partial charge in [0.1, 0.15) is 5.75 Å². The molecule has 0 saturated heterocycles. The van der Waals surface area contributed by atoms with Gasteiger partial charge in [0.15, 0.2) is 7.29 Å². The topological polar surface area (TPSA) is 29.5 Å². The fourth-order valence-corrected chi connectivity index (χ4v) is 4.94. The zero-order valence-electron chi connectivity index (χ0n) is 13.4. The number of para-hydroxylation sites is 1. The van der Waals surface area contributed by atoms with Crippen molar-refractivity contribution in [3.63, 3.8) is 0 Å². The molecule has 0 N–H and O–H groups in total. The Balaban J connectivity index is 2.17. The molecule has 0 saturated carbocycles. The first-order valence-corrected chi connectivity index (χ1v) is 10.6. The van der Waals surface area contributed by atoms with Gasteiger partial charge in [-0.05, 0) is 48.2 Å². The van der Waals surface area contributed by atoms with Crippen molar-refractivity contribution in [1.29, 1.82) is 0 Å². The van der Waals surface area contributed by atoms with Crippen molar-refractivity contribution in [2.24, 2.45) is 0 Å². The number of aryl methyl sites for hydroxylation is 1. The molecule has 0 bridgehead atoms. The fourth-order valence-electron chi connectivity index (χ4n) is 2.10. The van der Waals surface area contributed by atoms with Crippen LogP contribution in [0, 0.1) is 6.92 Å². The van der Waals surface area contributed by atoms with Crippen molar-refractivity contribution in [2.45, 2.75) is 12.7 Å². The van der Waals surface area contributed by atoms with Gasteiger partial charge in [0, 0.05) is 19.1 Å².